The number of nitrogens with one attached hydrogen (secondary N) is 2. The Morgan fingerprint density at radius 1 is 1.31 bits per heavy atom. The van der Waals surface area contributed by atoms with Gasteiger partial charge in [0, 0.05) is 18.7 Å². The van der Waals surface area contributed by atoms with Crippen molar-refractivity contribution in [2.24, 2.45) is 5.73 Å². The first-order chi connectivity index (χ1) is 7.74. The van der Waals surface area contributed by atoms with Crippen molar-refractivity contribution in [1.29, 1.82) is 0 Å². The van der Waals surface area contributed by atoms with Crippen LogP contribution >= 0.6 is 0 Å². The van der Waals surface area contributed by atoms with Crippen molar-refractivity contribution in [3.05, 3.63) is 35.6 Å². The Labute approximate surface area is 94.0 Å². The molecule has 0 fully saturated rings. The number of benzene rings is 1. The maximum atomic E-state index is 13.2. The number of urea groups is 1. The quantitative estimate of drug-likeness (QED) is 0.654. The van der Waals surface area contributed by atoms with Crippen LogP contribution in [0.25, 0.3) is 0 Å². The maximum absolute atomic E-state index is 13.2. The predicted octanol–water partition coefficient (Wildman–Crippen LogP) is 0.974. The van der Waals surface area contributed by atoms with Crippen molar-refractivity contribution in [2.75, 3.05) is 13.1 Å². The standard InChI is InChI=1S/C11H16FN3O/c12-10-5-2-1-4-9(10)8-15-11(16)14-7-3-6-13/h1-2,4-5H,3,6-8,13H2,(H2,14,15,16). The zero-order valence-corrected chi connectivity index (χ0v) is 9.00. The molecule has 88 valence electrons. The Bertz CT molecular complexity index is 344. The summed E-state index contributed by atoms with van der Waals surface area (Å²) in [6.07, 6.45) is 0.729. The molecule has 1 aromatic carbocycles. The van der Waals surface area contributed by atoms with E-state index >= 15 is 0 Å². The van der Waals surface area contributed by atoms with Crippen molar-refractivity contribution >= 4 is 6.03 Å². The van der Waals surface area contributed by atoms with E-state index in [4.69, 9.17) is 5.73 Å². The number of halogens is 1. The third kappa shape index (κ3) is 4.27. The van der Waals surface area contributed by atoms with Crippen LogP contribution < -0.4 is 16.4 Å². The molecule has 0 unspecified atom stereocenters. The van der Waals surface area contributed by atoms with Gasteiger partial charge in [0.05, 0.1) is 0 Å². The fourth-order valence-electron chi connectivity index (χ4n) is 1.18. The first-order valence-electron chi connectivity index (χ1n) is 5.19. The minimum absolute atomic E-state index is 0.182. The summed E-state index contributed by atoms with van der Waals surface area (Å²) in [6, 6.07) is 6.03. The van der Waals surface area contributed by atoms with Crippen LogP contribution in [0.5, 0.6) is 0 Å². The van der Waals surface area contributed by atoms with Gasteiger partial charge in [-0.25, -0.2) is 9.18 Å². The minimum atomic E-state index is -0.315. The van der Waals surface area contributed by atoms with Gasteiger partial charge in [0.15, 0.2) is 0 Å². The lowest BCUT2D eigenvalue weighted by Crippen LogP contribution is -2.36. The Morgan fingerprint density at radius 2 is 2.06 bits per heavy atom. The number of hydrogen-bond acceptors (Lipinski definition) is 2. The second kappa shape index (κ2) is 6.79. The van der Waals surface area contributed by atoms with Gasteiger partial charge in [-0.1, -0.05) is 18.2 Å². The highest BCUT2D eigenvalue weighted by atomic mass is 19.1. The lowest BCUT2D eigenvalue weighted by atomic mass is 10.2. The fraction of sp³-hybridized carbons (Fsp3) is 0.364. The fourth-order valence-corrected chi connectivity index (χ4v) is 1.18. The predicted molar refractivity (Wildman–Crippen MR) is 60.3 cm³/mol. The molecule has 4 nitrogen and oxygen atoms in total. The first kappa shape index (κ1) is 12.4. The molecule has 5 heteroatoms. The summed E-state index contributed by atoms with van der Waals surface area (Å²) >= 11 is 0. The van der Waals surface area contributed by atoms with E-state index in [-0.39, 0.29) is 18.4 Å². The SMILES string of the molecule is NCCCNC(=O)NCc1ccccc1F. The Kier molecular flexibility index (Phi) is 5.28. The molecule has 0 saturated heterocycles. The Morgan fingerprint density at radius 3 is 2.75 bits per heavy atom. The zero-order chi connectivity index (χ0) is 11.8. The molecular weight excluding hydrogens is 209 g/mol. The van der Waals surface area contributed by atoms with Crippen molar-refractivity contribution in [3.8, 4) is 0 Å². The monoisotopic (exact) mass is 225 g/mol. The molecule has 0 saturated carbocycles. The molecule has 4 N–H and O–H groups in total. The highest BCUT2D eigenvalue weighted by Crippen LogP contribution is 2.04. The van der Waals surface area contributed by atoms with Crippen molar-refractivity contribution in [3.63, 3.8) is 0 Å². The molecular formula is C11H16FN3O. The van der Waals surface area contributed by atoms with Gasteiger partial charge in [0.2, 0.25) is 0 Å². The van der Waals surface area contributed by atoms with Gasteiger partial charge in [0.1, 0.15) is 5.82 Å². The molecule has 1 aromatic rings. The van der Waals surface area contributed by atoms with E-state index in [2.05, 4.69) is 10.6 Å². The molecule has 0 aliphatic carbocycles. The normalized spacial score (nSPS) is 9.88. The number of carbonyl (C=O) groups excluding carboxylic acids is 1. The van der Waals surface area contributed by atoms with Crippen LogP contribution in [0.1, 0.15) is 12.0 Å². The Balaban J connectivity index is 2.29. The molecule has 2 amide bonds. The molecule has 0 heterocycles. The van der Waals surface area contributed by atoms with Crippen LogP contribution in [-0.2, 0) is 6.54 Å². The first-order valence-corrected chi connectivity index (χ1v) is 5.19. The van der Waals surface area contributed by atoms with E-state index in [1.165, 1.54) is 6.07 Å². The zero-order valence-electron chi connectivity index (χ0n) is 9.00. The van der Waals surface area contributed by atoms with Gasteiger partial charge in [-0.15, -0.1) is 0 Å². The van der Waals surface area contributed by atoms with E-state index in [1.54, 1.807) is 18.2 Å². The Hall–Kier alpha value is -1.62. The second-order valence-corrected chi connectivity index (χ2v) is 3.34. The van der Waals surface area contributed by atoms with Crippen LogP contribution in [0.4, 0.5) is 9.18 Å². The van der Waals surface area contributed by atoms with Crippen LogP contribution in [0.2, 0.25) is 0 Å². The van der Waals surface area contributed by atoms with Crippen molar-refractivity contribution in [1.82, 2.24) is 10.6 Å². The third-order valence-corrected chi connectivity index (χ3v) is 2.06. The van der Waals surface area contributed by atoms with Crippen LogP contribution in [-0.4, -0.2) is 19.1 Å². The number of nitrogens with two attached hydrogens (primary N) is 1. The van der Waals surface area contributed by atoms with Crippen molar-refractivity contribution < 1.29 is 9.18 Å². The van der Waals surface area contributed by atoms with Gasteiger partial charge in [0.25, 0.3) is 0 Å². The number of carbonyl (C=O) groups is 1. The molecule has 0 radical (unpaired) electrons. The summed E-state index contributed by atoms with van der Waals surface area (Å²) in [6.45, 7) is 1.24. The maximum Gasteiger partial charge on any atom is 0.315 e. The largest absolute Gasteiger partial charge is 0.338 e. The van der Waals surface area contributed by atoms with Crippen LogP contribution in [0, 0.1) is 5.82 Å². The van der Waals surface area contributed by atoms with Gasteiger partial charge >= 0.3 is 6.03 Å². The molecule has 0 aliphatic heterocycles. The summed E-state index contributed by atoms with van der Waals surface area (Å²) in [7, 11) is 0. The lowest BCUT2D eigenvalue weighted by Gasteiger charge is -2.07. The highest BCUT2D eigenvalue weighted by molar-refractivity contribution is 5.73. The summed E-state index contributed by atoms with van der Waals surface area (Å²) in [5.74, 6) is -0.315. The summed E-state index contributed by atoms with van der Waals surface area (Å²) in [5, 5.41) is 5.19. The molecule has 0 aromatic heterocycles. The molecule has 16 heavy (non-hydrogen) atoms. The lowest BCUT2D eigenvalue weighted by molar-refractivity contribution is 0.240. The van der Waals surface area contributed by atoms with E-state index in [0.29, 0.717) is 18.7 Å². The second-order valence-electron chi connectivity index (χ2n) is 3.34. The topological polar surface area (TPSA) is 67.1 Å². The smallest absolute Gasteiger partial charge is 0.315 e. The summed E-state index contributed by atoms with van der Waals surface area (Å²) in [5.41, 5.74) is 5.75. The van der Waals surface area contributed by atoms with Crippen LogP contribution in [0.3, 0.4) is 0 Å². The number of hydrogen-bond donors (Lipinski definition) is 3. The van der Waals surface area contributed by atoms with E-state index in [9.17, 15) is 9.18 Å². The van der Waals surface area contributed by atoms with Gasteiger partial charge in [-0.2, -0.15) is 0 Å². The molecule has 0 aliphatic rings. The number of rotatable bonds is 5. The summed E-state index contributed by atoms with van der Waals surface area (Å²) in [4.78, 5) is 11.2. The van der Waals surface area contributed by atoms with E-state index in [0.717, 1.165) is 6.42 Å². The summed E-state index contributed by atoms with van der Waals surface area (Å²) < 4.78 is 13.2. The molecule has 0 atom stereocenters. The van der Waals surface area contributed by atoms with E-state index in [1.807, 2.05) is 0 Å². The van der Waals surface area contributed by atoms with Gasteiger partial charge in [-0.05, 0) is 19.0 Å². The average Bonchev–Trinajstić information content (AvgIpc) is 2.28. The van der Waals surface area contributed by atoms with E-state index < -0.39 is 0 Å². The number of amides is 2. The van der Waals surface area contributed by atoms with Gasteiger partial charge < -0.3 is 16.4 Å². The molecule has 0 spiro atoms. The third-order valence-electron chi connectivity index (χ3n) is 2.06. The average molecular weight is 225 g/mol. The van der Waals surface area contributed by atoms with Crippen LogP contribution in [0.15, 0.2) is 24.3 Å². The van der Waals surface area contributed by atoms with Crippen molar-refractivity contribution in [2.45, 2.75) is 13.0 Å². The minimum Gasteiger partial charge on any atom is -0.338 e. The van der Waals surface area contributed by atoms with Gasteiger partial charge in [-0.3, -0.25) is 0 Å². The molecule has 1 rings (SSSR count). The molecule has 0 bridgehead atoms. The highest BCUT2D eigenvalue weighted by Gasteiger charge is 2.02.